The van der Waals surface area contributed by atoms with Gasteiger partial charge in [-0.15, -0.1) is 0 Å². The quantitative estimate of drug-likeness (QED) is 0.595. The van der Waals surface area contributed by atoms with E-state index in [1.165, 1.54) is 6.08 Å². The summed E-state index contributed by atoms with van der Waals surface area (Å²) in [7, 11) is 0. The number of rotatable bonds is 2. The Labute approximate surface area is 66.0 Å². The maximum absolute atomic E-state index is 10.6. The minimum Gasteiger partial charge on any atom is -0.346 e. The van der Waals surface area contributed by atoms with Crippen molar-refractivity contribution in [2.45, 2.75) is 26.2 Å². The molecule has 1 heterocycles. The molecule has 0 saturated heterocycles. The molecule has 62 valence electrons. The van der Waals surface area contributed by atoms with Crippen molar-refractivity contribution in [3.8, 4) is 0 Å². The zero-order chi connectivity index (χ0) is 8.27. The first-order chi connectivity index (χ1) is 5.18. The normalized spacial score (nSPS) is 24.6. The van der Waals surface area contributed by atoms with E-state index in [1.807, 2.05) is 13.8 Å². The van der Waals surface area contributed by atoms with E-state index in [0.29, 0.717) is 0 Å². The third-order valence-electron chi connectivity index (χ3n) is 1.24. The molecule has 11 heavy (non-hydrogen) atoms. The zero-order valence-electron chi connectivity index (χ0n) is 6.74. The monoisotopic (exact) mass is 156 g/mol. The van der Waals surface area contributed by atoms with Gasteiger partial charge in [0.05, 0.1) is 6.10 Å². The van der Waals surface area contributed by atoms with Crippen molar-refractivity contribution < 1.29 is 14.3 Å². The van der Waals surface area contributed by atoms with Crippen LogP contribution in [-0.4, -0.2) is 24.8 Å². The fourth-order valence-electron chi connectivity index (χ4n) is 0.807. The van der Waals surface area contributed by atoms with Crippen molar-refractivity contribution in [1.29, 1.82) is 0 Å². The van der Waals surface area contributed by atoms with Crippen molar-refractivity contribution in [1.82, 2.24) is 0 Å². The Morgan fingerprint density at radius 3 is 2.91 bits per heavy atom. The first-order valence-electron chi connectivity index (χ1n) is 3.66. The van der Waals surface area contributed by atoms with Crippen LogP contribution in [0.2, 0.25) is 0 Å². The Bertz CT molecular complexity index is 172. The Kier molecular flexibility index (Phi) is 2.79. The van der Waals surface area contributed by atoms with Crippen LogP contribution < -0.4 is 0 Å². The van der Waals surface area contributed by atoms with Crippen LogP contribution in [0.25, 0.3) is 0 Å². The summed E-state index contributed by atoms with van der Waals surface area (Å²) in [6.07, 6.45) is 2.91. The molecular formula is C8H12O3. The highest BCUT2D eigenvalue weighted by Crippen LogP contribution is 2.05. The van der Waals surface area contributed by atoms with Crippen LogP contribution in [0.5, 0.6) is 0 Å². The molecule has 0 aromatic rings. The predicted molar refractivity (Wildman–Crippen MR) is 40.1 cm³/mol. The first kappa shape index (κ1) is 8.43. The first-order valence-corrected chi connectivity index (χ1v) is 3.66. The molecule has 0 aromatic heterocycles. The van der Waals surface area contributed by atoms with Gasteiger partial charge in [-0.1, -0.05) is 0 Å². The average molecular weight is 156 g/mol. The lowest BCUT2D eigenvalue weighted by Gasteiger charge is -2.19. The van der Waals surface area contributed by atoms with Crippen LogP contribution in [0.4, 0.5) is 0 Å². The Morgan fingerprint density at radius 2 is 2.45 bits per heavy atom. The van der Waals surface area contributed by atoms with E-state index in [4.69, 9.17) is 9.47 Å². The van der Waals surface area contributed by atoms with Crippen LogP contribution in [-0.2, 0) is 14.3 Å². The van der Waals surface area contributed by atoms with Crippen LogP contribution in [0, 0.1) is 0 Å². The minimum absolute atomic E-state index is 0.00592. The number of ketones is 1. The molecule has 0 spiro atoms. The fraction of sp³-hybridized carbons (Fsp3) is 0.625. The summed E-state index contributed by atoms with van der Waals surface area (Å²) in [5.74, 6) is -0.00592. The number of hydrogen-bond acceptors (Lipinski definition) is 3. The van der Waals surface area contributed by atoms with E-state index in [2.05, 4.69) is 0 Å². The number of carbonyl (C=O) groups is 1. The molecule has 0 fully saturated rings. The lowest BCUT2D eigenvalue weighted by molar-refractivity contribution is -0.151. The van der Waals surface area contributed by atoms with E-state index in [-0.39, 0.29) is 24.8 Å². The van der Waals surface area contributed by atoms with Crippen molar-refractivity contribution in [2.75, 3.05) is 6.61 Å². The largest absolute Gasteiger partial charge is 0.346 e. The zero-order valence-corrected chi connectivity index (χ0v) is 6.74. The molecular weight excluding hydrogens is 144 g/mol. The summed E-state index contributed by atoms with van der Waals surface area (Å²) in [4.78, 5) is 10.6. The van der Waals surface area contributed by atoms with Gasteiger partial charge in [-0.3, -0.25) is 4.79 Å². The smallest absolute Gasteiger partial charge is 0.181 e. The molecule has 0 aromatic carbocycles. The summed E-state index contributed by atoms with van der Waals surface area (Å²) in [5.41, 5.74) is 0. The Morgan fingerprint density at radius 1 is 1.73 bits per heavy atom. The van der Waals surface area contributed by atoms with Gasteiger partial charge >= 0.3 is 0 Å². The summed E-state index contributed by atoms with van der Waals surface area (Å²) < 4.78 is 10.3. The summed E-state index contributed by atoms with van der Waals surface area (Å²) in [6.45, 7) is 3.98. The second-order valence-corrected chi connectivity index (χ2v) is 2.69. The minimum atomic E-state index is -0.340. The molecule has 0 amide bonds. The molecule has 1 aliphatic heterocycles. The molecule has 3 heteroatoms. The Hall–Kier alpha value is -0.670. The number of ether oxygens (including phenoxy) is 2. The fourth-order valence-corrected chi connectivity index (χ4v) is 0.807. The average Bonchev–Trinajstić information content (AvgIpc) is 1.93. The summed E-state index contributed by atoms with van der Waals surface area (Å²) in [6, 6.07) is 0. The molecule has 0 aliphatic carbocycles. The summed E-state index contributed by atoms with van der Waals surface area (Å²) in [5, 5.41) is 0. The predicted octanol–water partition coefficient (Wildman–Crippen LogP) is 0.893. The van der Waals surface area contributed by atoms with E-state index >= 15 is 0 Å². The molecule has 0 N–H and O–H groups in total. The SMILES string of the molecule is CC(C)O[C@H]1C=CC(=O)CO1. The van der Waals surface area contributed by atoms with E-state index in [1.54, 1.807) is 6.08 Å². The van der Waals surface area contributed by atoms with Gasteiger partial charge in [-0.2, -0.15) is 0 Å². The van der Waals surface area contributed by atoms with Gasteiger partial charge in [0.15, 0.2) is 12.1 Å². The highest BCUT2D eigenvalue weighted by molar-refractivity contribution is 5.91. The number of hydrogen-bond donors (Lipinski definition) is 0. The molecule has 0 bridgehead atoms. The van der Waals surface area contributed by atoms with Gasteiger partial charge in [0.2, 0.25) is 0 Å². The van der Waals surface area contributed by atoms with Gasteiger partial charge in [-0.05, 0) is 26.0 Å². The van der Waals surface area contributed by atoms with Gasteiger partial charge in [-0.25, -0.2) is 0 Å². The second kappa shape index (κ2) is 3.64. The molecule has 1 atom stereocenters. The summed E-state index contributed by atoms with van der Waals surface area (Å²) >= 11 is 0. The van der Waals surface area contributed by atoms with E-state index in [0.717, 1.165) is 0 Å². The van der Waals surface area contributed by atoms with Gasteiger partial charge < -0.3 is 9.47 Å². The topological polar surface area (TPSA) is 35.5 Å². The van der Waals surface area contributed by atoms with Crippen LogP contribution >= 0.6 is 0 Å². The molecule has 0 radical (unpaired) electrons. The lowest BCUT2D eigenvalue weighted by atomic mass is 10.3. The highest BCUT2D eigenvalue weighted by Gasteiger charge is 2.13. The van der Waals surface area contributed by atoms with Gasteiger partial charge in [0.25, 0.3) is 0 Å². The maximum Gasteiger partial charge on any atom is 0.181 e. The molecule has 0 saturated carbocycles. The van der Waals surface area contributed by atoms with Gasteiger partial charge in [0.1, 0.15) is 6.61 Å². The molecule has 1 aliphatic rings. The Balaban J connectivity index is 2.38. The van der Waals surface area contributed by atoms with Crippen LogP contribution in [0.3, 0.4) is 0 Å². The molecule has 1 rings (SSSR count). The lowest BCUT2D eigenvalue weighted by Crippen LogP contribution is -2.25. The highest BCUT2D eigenvalue weighted by atomic mass is 16.7. The van der Waals surface area contributed by atoms with Crippen molar-refractivity contribution in [2.24, 2.45) is 0 Å². The third kappa shape index (κ3) is 2.82. The molecule has 0 unspecified atom stereocenters. The van der Waals surface area contributed by atoms with Crippen molar-refractivity contribution in [3.63, 3.8) is 0 Å². The van der Waals surface area contributed by atoms with Crippen molar-refractivity contribution >= 4 is 5.78 Å². The van der Waals surface area contributed by atoms with E-state index in [9.17, 15) is 4.79 Å². The standard InChI is InChI=1S/C8H12O3/c1-6(2)11-8-4-3-7(9)5-10-8/h3-4,6,8H,5H2,1-2H3/t8-/m0/s1. The van der Waals surface area contributed by atoms with Crippen LogP contribution in [0.1, 0.15) is 13.8 Å². The van der Waals surface area contributed by atoms with E-state index < -0.39 is 0 Å². The van der Waals surface area contributed by atoms with Gasteiger partial charge in [0, 0.05) is 0 Å². The maximum atomic E-state index is 10.6. The second-order valence-electron chi connectivity index (χ2n) is 2.69. The third-order valence-corrected chi connectivity index (χ3v) is 1.24. The van der Waals surface area contributed by atoms with Crippen molar-refractivity contribution in [3.05, 3.63) is 12.2 Å². The van der Waals surface area contributed by atoms with Crippen LogP contribution in [0.15, 0.2) is 12.2 Å². The molecule has 3 nitrogen and oxygen atoms in total. The number of carbonyl (C=O) groups excluding carboxylic acids is 1.